The topological polar surface area (TPSA) is 0 Å². The van der Waals surface area contributed by atoms with E-state index in [4.69, 9.17) is 0 Å². The molecule has 1 heteroatoms. The van der Waals surface area contributed by atoms with Crippen molar-refractivity contribution in [3.63, 3.8) is 0 Å². The highest BCUT2D eigenvalue weighted by Crippen LogP contribution is 2.15. The standard InChI is InChI=1S/C19H33Si/c1-4-5-6-7-8-9-10-11-15-18-20(2,3)19-16-13-12-14-17-19/h12-14,16-18H,4-11,15H2,1-3H3. The van der Waals surface area contributed by atoms with Crippen LogP contribution in [-0.2, 0) is 0 Å². The molecule has 0 aromatic heterocycles. The van der Waals surface area contributed by atoms with Crippen LogP contribution < -0.4 is 5.19 Å². The van der Waals surface area contributed by atoms with E-state index in [1.807, 2.05) is 0 Å². The predicted molar refractivity (Wildman–Crippen MR) is 95.1 cm³/mol. The lowest BCUT2D eigenvalue weighted by atomic mass is 10.1. The van der Waals surface area contributed by atoms with Crippen LogP contribution in [0.3, 0.4) is 0 Å². The first-order valence-corrected chi connectivity index (χ1v) is 11.6. The zero-order chi connectivity index (χ0) is 14.7. The molecule has 113 valence electrons. The summed E-state index contributed by atoms with van der Waals surface area (Å²) in [6.07, 6.45) is 12.7. The Morgan fingerprint density at radius 2 is 1.35 bits per heavy atom. The molecule has 0 heterocycles. The van der Waals surface area contributed by atoms with Crippen molar-refractivity contribution in [2.24, 2.45) is 0 Å². The Morgan fingerprint density at radius 3 is 1.95 bits per heavy atom. The molecule has 0 aliphatic rings. The third-order valence-electron chi connectivity index (χ3n) is 4.23. The third-order valence-corrected chi connectivity index (χ3v) is 7.36. The molecule has 0 aliphatic carbocycles. The molecule has 1 aromatic carbocycles. The van der Waals surface area contributed by atoms with Crippen molar-refractivity contribution in [3.8, 4) is 0 Å². The van der Waals surface area contributed by atoms with Crippen LogP contribution in [0.2, 0.25) is 13.1 Å². The molecular weight excluding hydrogens is 256 g/mol. The van der Waals surface area contributed by atoms with Gasteiger partial charge in [0, 0.05) is 0 Å². The van der Waals surface area contributed by atoms with Crippen LogP contribution in [0.15, 0.2) is 30.3 Å². The van der Waals surface area contributed by atoms with E-state index in [1.54, 1.807) is 5.19 Å². The highest BCUT2D eigenvalue weighted by atomic mass is 28.3. The first-order valence-electron chi connectivity index (χ1n) is 8.56. The summed E-state index contributed by atoms with van der Waals surface area (Å²) in [5, 5.41) is 1.57. The van der Waals surface area contributed by atoms with E-state index in [0.29, 0.717) is 0 Å². The highest BCUT2D eigenvalue weighted by Gasteiger charge is 2.22. The van der Waals surface area contributed by atoms with Gasteiger partial charge in [-0.2, -0.15) is 0 Å². The molecule has 0 fully saturated rings. The van der Waals surface area contributed by atoms with Crippen LogP contribution in [0.4, 0.5) is 0 Å². The molecule has 0 aliphatic heterocycles. The Labute approximate surface area is 128 Å². The average Bonchev–Trinajstić information content (AvgIpc) is 2.46. The van der Waals surface area contributed by atoms with E-state index in [9.17, 15) is 0 Å². The summed E-state index contributed by atoms with van der Waals surface area (Å²) in [6.45, 7) is 7.22. The molecule has 0 atom stereocenters. The van der Waals surface area contributed by atoms with E-state index in [2.05, 4.69) is 56.4 Å². The van der Waals surface area contributed by atoms with Gasteiger partial charge in [0.2, 0.25) is 0 Å². The lowest BCUT2D eigenvalue weighted by Crippen LogP contribution is -2.42. The number of unbranched alkanes of at least 4 members (excludes halogenated alkanes) is 8. The Bertz CT molecular complexity index is 329. The lowest BCUT2D eigenvalue weighted by Gasteiger charge is -2.22. The fraction of sp³-hybridized carbons (Fsp3) is 0.632. The molecule has 20 heavy (non-hydrogen) atoms. The van der Waals surface area contributed by atoms with Crippen LogP contribution in [0.1, 0.15) is 64.7 Å². The first kappa shape index (κ1) is 17.5. The maximum atomic E-state index is 2.64. The van der Waals surface area contributed by atoms with Crippen molar-refractivity contribution in [1.82, 2.24) is 0 Å². The van der Waals surface area contributed by atoms with Crippen LogP contribution >= 0.6 is 0 Å². The van der Waals surface area contributed by atoms with Crippen molar-refractivity contribution < 1.29 is 0 Å². The van der Waals surface area contributed by atoms with Gasteiger partial charge in [0.25, 0.3) is 0 Å². The first-order chi connectivity index (χ1) is 9.67. The van der Waals surface area contributed by atoms with Crippen LogP contribution in [0, 0.1) is 6.04 Å². The monoisotopic (exact) mass is 289 g/mol. The van der Waals surface area contributed by atoms with Gasteiger partial charge in [-0.3, -0.25) is 0 Å². The zero-order valence-electron chi connectivity index (χ0n) is 13.8. The normalized spacial score (nSPS) is 11.8. The predicted octanol–water partition coefficient (Wildman–Crippen LogP) is 5.88. The van der Waals surface area contributed by atoms with Gasteiger partial charge in [-0.25, -0.2) is 0 Å². The van der Waals surface area contributed by atoms with Crippen molar-refractivity contribution in [3.05, 3.63) is 36.4 Å². The minimum Gasteiger partial charge on any atom is -0.0654 e. The van der Waals surface area contributed by atoms with Gasteiger partial charge in [0.15, 0.2) is 0 Å². The van der Waals surface area contributed by atoms with Crippen LogP contribution in [0.25, 0.3) is 0 Å². The maximum absolute atomic E-state index is 2.64. The summed E-state index contributed by atoms with van der Waals surface area (Å²) in [4.78, 5) is 0. The number of rotatable bonds is 11. The number of benzene rings is 1. The minimum atomic E-state index is -1.29. The van der Waals surface area contributed by atoms with Crippen LogP contribution in [0.5, 0.6) is 0 Å². The summed E-state index contributed by atoms with van der Waals surface area (Å²) in [6, 6.07) is 13.7. The van der Waals surface area contributed by atoms with Gasteiger partial charge in [0.1, 0.15) is 0 Å². The smallest absolute Gasteiger partial charge is 0.0654 e. The van der Waals surface area contributed by atoms with E-state index in [1.165, 1.54) is 57.8 Å². The summed E-state index contributed by atoms with van der Waals surface area (Å²) in [5.41, 5.74) is 0. The van der Waals surface area contributed by atoms with Crippen molar-refractivity contribution in [2.75, 3.05) is 0 Å². The Morgan fingerprint density at radius 1 is 0.800 bits per heavy atom. The van der Waals surface area contributed by atoms with Gasteiger partial charge in [-0.05, 0) is 6.04 Å². The van der Waals surface area contributed by atoms with E-state index in [-0.39, 0.29) is 0 Å². The Hall–Kier alpha value is -0.563. The summed E-state index contributed by atoms with van der Waals surface area (Å²) < 4.78 is 0. The Balaban J connectivity index is 2.06. The van der Waals surface area contributed by atoms with Crippen molar-refractivity contribution in [2.45, 2.75) is 77.8 Å². The van der Waals surface area contributed by atoms with E-state index < -0.39 is 8.07 Å². The molecule has 1 radical (unpaired) electrons. The minimum absolute atomic E-state index is 1.29. The van der Waals surface area contributed by atoms with Gasteiger partial charge in [0.05, 0.1) is 8.07 Å². The maximum Gasteiger partial charge on any atom is 0.0836 e. The van der Waals surface area contributed by atoms with Crippen LogP contribution in [-0.4, -0.2) is 8.07 Å². The van der Waals surface area contributed by atoms with Crippen molar-refractivity contribution in [1.29, 1.82) is 0 Å². The van der Waals surface area contributed by atoms with Gasteiger partial charge >= 0.3 is 0 Å². The molecule has 0 N–H and O–H groups in total. The Kier molecular flexibility index (Phi) is 8.92. The second-order valence-corrected chi connectivity index (χ2v) is 11.0. The fourth-order valence-corrected chi connectivity index (χ4v) is 4.94. The van der Waals surface area contributed by atoms with Gasteiger partial charge in [-0.1, -0.05) is 113 Å². The highest BCUT2D eigenvalue weighted by molar-refractivity contribution is 6.92. The summed E-state index contributed by atoms with van der Waals surface area (Å²) >= 11 is 0. The molecule has 0 unspecified atom stereocenters. The number of hydrogen-bond donors (Lipinski definition) is 0. The summed E-state index contributed by atoms with van der Waals surface area (Å²) in [5.74, 6) is 0. The molecular formula is C19H33Si. The second kappa shape index (κ2) is 10.2. The third kappa shape index (κ3) is 7.28. The van der Waals surface area contributed by atoms with Gasteiger partial charge in [-0.15, -0.1) is 0 Å². The quantitative estimate of drug-likeness (QED) is 0.353. The molecule has 1 rings (SSSR count). The molecule has 0 spiro atoms. The molecule has 0 amide bonds. The van der Waals surface area contributed by atoms with Gasteiger partial charge < -0.3 is 0 Å². The SMILES string of the molecule is CCCCCCCCCC[CH][Si](C)(C)c1ccccc1. The largest absolute Gasteiger partial charge is 0.0836 e. The second-order valence-electron chi connectivity index (χ2n) is 6.56. The lowest BCUT2D eigenvalue weighted by molar-refractivity contribution is 0.576. The van der Waals surface area contributed by atoms with Crippen molar-refractivity contribution >= 4 is 13.3 Å². The molecule has 1 aromatic rings. The number of hydrogen-bond acceptors (Lipinski definition) is 0. The molecule has 0 bridgehead atoms. The zero-order valence-corrected chi connectivity index (χ0v) is 14.8. The fourth-order valence-electron chi connectivity index (χ4n) is 2.73. The molecule has 0 saturated carbocycles. The molecule has 0 nitrogen and oxygen atoms in total. The van der Waals surface area contributed by atoms with E-state index in [0.717, 1.165) is 0 Å². The summed E-state index contributed by atoms with van der Waals surface area (Å²) in [7, 11) is -1.29. The van der Waals surface area contributed by atoms with E-state index >= 15 is 0 Å². The average molecular weight is 290 g/mol. The molecule has 0 saturated heterocycles.